The lowest BCUT2D eigenvalue weighted by Crippen LogP contribution is -2.59. The molecule has 0 saturated carbocycles. The summed E-state index contributed by atoms with van der Waals surface area (Å²) in [5.41, 5.74) is 9.29. The third-order valence-electron chi connectivity index (χ3n) is 7.04. The van der Waals surface area contributed by atoms with Crippen LogP contribution < -0.4 is 21.7 Å². The molecule has 9 heteroatoms. The zero-order valence-electron chi connectivity index (χ0n) is 22.6. The molecule has 0 aliphatic heterocycles. The molecule has 2 atom stereocenters. The van der Waals surface area contributed by atoms with Gasteiger partial charge in [0.05, 0.1) is 5.54 Å². The van der Waals surface area contributed by atoms with E-state index in [1.165, 1.54) is 16.9 Å². The van der Waals surface area contributed by atoms with Gasteiger partial charge in [0.1, 0.15) is 12.2 Å². The Labute approximate surface area is 228 Å². The van der Waals surface area contributed by atoms with E-state index in [1.54, 1.807) is 25.2 Å². The fraction of sp³-hybridized carbons (Fsp3) is 0.483. The molecular formula is C29H39N5O3S. The van der Waals surface area contributed by atoms with E-state index in [1.807, 2.05) is 44.3 Å². The molecule has 204 valence electrons. The molecule has 3 amide bonds. The molecular weight excluding hydrogens is 498 g/mol. The fourth-order valence-corrected chi connectivity index (χ4v) is 5.94. The van der Waals surface area contributed by atoms with Crippen molar-refractivity contribution >= 4 is 40.0 Å². The average Bonchev–Trinajstić information content (AvgIpc) is 3.47. The topological polar surface area (TPSA) is 129 Å². The van der Waals surface area contributed by atoms with Crippen LogP contribution in [0.2, 0.25) is 0 Å². The van der Waals surface area contributed by atoms with E-state index in [0.717, 1.165) is 41.3 Å². The zero-order valence-corrected chi connectivity index (χ0v) is 23.5. The van der Waals surface area contributed by atoms with Crippen molar-refractivity contribution in [2.24, 2.45) is 11.7 Å². The summed E-state index contributed by atoms with van der Waals surface area (Å²) in [6.07, 6.45) is 6.38. The first-order chi connectivity index (χ1) is 18.0. The second-order valence-corrected chi connectivity index (χ2v) is 12.1. The minimum absolute atomic E-state index is 0.161. The number of aromatic nitrogens is 1. The van der Waals surface area contributed by atoms with E-state index in [9.17, 15) is 14.4 Å². The number of fused-ring (bicyclic) bond motifs is 2. The molecule has 2 heterocycles. The van der Waals surface area contributed by atoms with Crippen molar-refractivity contribution in [1.29, 1.82) is 0 Å². The predicted octanol–water partition coefficient (Wildman–Crippen LogP) is 3.33. The normalized spacial score (nSPS) is 15.1. The van der Waals surface area contributed by atoms with Crippen molar-refractivity contribution in [3.63, 3.8) is 0 Å². The zero-order chi connectivity index (χ0) is 27.4. The van der Waals surface area contributed by atoms with E-state index < -0.39 is 23.7 Å². The summed E-state index contributed by atoms with van der Waals surface area (Å²) in [5.74, 6) is -1.16. The molecule has 0 radical (unpaired) electrons. The molecule has 4 rings (SSSR count). The number of aromatic amines is 1. The summed E-state index contributed by atoms with van der Waals surface area (Å²) in [7, 11) is 0. The van der Waals surface area contributed by atoms with Gasteiger partial charge in [-0.1, -0.05) is 32.0 Å². The standard InChI is InChI=1S/C29H39N5O3S/c1-17(2)26(35)33-25(14-18-15-31-22-11-7-5-9-20(18)22)34-27(36)23(32-28(37)29(3,4)30)13-19-16-38-24-12-8-6-10-21(19)24/h5,7,9,11,15-17,23,25,31H,6,8,10,12-14,30H2,1-4H3,(H,32,37)(H,33,35)(H,34,36)/t23-,25-/m1/s1. The van der Waals surface area contributed by atoms with Crippen molar-refractivity contribution in [1.82, 2.24) is 20.9 Å². The third kappa shape index (κ3) is 6.63. The summed E-state index contributed by atoms with van der Waals surface area (Å²) in [5, 5.41) is 12.0. The van der Waals surface area contributed by atoms with Crippen LogP contribution in [0.25, 0.3) is 10.9 Å². The lowest BCUT2D eigenvalue weighted by Gasteiger charge is -2.27. The lowest BCUT2D eigenvalue weighted by atomic mass is 9.92. The summed E-state index contributed by atoms with van der Waals surface area (Å²) < 4.78 is 0. The van der Waals surface area contributed by atoms with Crippen LogP contribution in [0.4, 0.5) is 0 Å². The monoisotopic (exact) mass is 537 g/mol. The number of para-hydroxylation sites is 1. The number of nitrogens with one attached hydrogen (secondary N) is 4. The highest BCUT2D eigenvalue weighted by Gasteiger charge is 2.31. The van der Waals surface area contributed by atoms with Crippen LogP contribution in [0.1, 0.15) is 62.1 Å². The second kappa shape index (κ2) is 11.7. The van der Waals surface area contributed by atoms with Gasteiger partial charge in [-0.2, -0.15) is 0 Å². The van der Waals surface area contributed by atoms with Gasteiger partial charge in [-0.25, -0.2) is 0 Å². The van der Waals surface area contributed by atoms with Crippen molar-refractivity contribution < 1.29 is 14.4 Å². The maximum Gasteiger partial charge on any atom is 0.244 e. The molecule has 8 nitrogen and oxygen atoms in total. The predicted molar refractivity (Wildman–Crippen MR) is 152 cm³/mol. The first-order valence-electron chi connectivity index (χ1n) is 13.4. The number of carbonyl (C=O) groups is 3. The minimum Gasteiger partial charge on any atom is -0.361 e. The Hall–Kier alpha value is -3.17. The number of carbonyl (C=O) groups excluding carboxylic acids is 3. The van der Waals surface area contributed by atoms with Gasteiger partial charge in [0, 0.05) is 40.7 Å². The SMILES string of the molecule is CC(C)C(=O)N[C@@H](Cc1c[nH]c2ccccc12)NC(=O)[C@@H](Cc1csc2c1CCCC2)NC(=O)C(C)(C)N. The van der Waals surface area contributed by atoms with Gasteiger partial charge in [0.15, 0.2) is 0 Å². The molecule has 38 heavy (non-hydrogen) atoms. The van der Waals surface area contributed by atoms with Gasteiger partial charge in [-0.3, -0.25) is 14.4 Å². The Kier molecular flexibility index (Phi) is 8.57. The van der Waals surface area contributed by atoms with Gasteiger partial charge in [0.2, 0.25) is 17.7 Å². The summed E-state index contributed by atoms with van der Waals surface area (Å²) in [6.45, 7) is 6.86. The van der Waals surface area contributed by atoms with Crippen LogP contribution in [0.5, 0.6) is 0 Å². The maximum absolute atomic E-state index is 13.7. The van der Waals surface area contributed by atoms with E-state index in [2.05, 4.69) is 26.3 Å². The average molecular weight is 538 g/mol. The highest BCUT2D eigenvalue weighted by Crippen LogP contribution is 2.31. The fourth-order valence-electron chi connectivity index (χ4n) is 4.77. The van der Waals surface area contributed by atoms with E-state index in [4.69, 9.17) is 5.73 Å². The highest BCUT2D eigenvalue weighted by atomic mass is 32.1. The number of benzene rings is 1. The minimum atomic E-state index is -1.14. The Morgan fingerprint density at radius 3 is 2.45 bits per heavy atom. The quantitative estimate of drug-likeness (QED) is 0.254. The van der Waals surface area contributed by atoms with Gasteiger partial charge >= 0.3 is 0 Å². The molecule has 2 aromatic heterocycles. The second-order valence-electron chi connectivity index (χ2n) is 11.1. The van der Waals surface area contributed by atoms with E-state index >= 15 is 0 Å². The Bertz CT molecular complexity index is 1300. The number of nitrogens with two attached hydrogens (primary N) is 1. The molecule has 1 aliphatic rings. The van der Waals surface area contributed by atoms with Crippen LogP contribution in [-0.4, -0.2) is 40.5 Å². The number of H-pyrrole nitrogens is 1. The van der Waals surface area contributed by atoms with Crippen LogP contribution in [0, 0.1) is 5.92 Å². The summed E-state index contributed by atoms with van der Waals surface area (Å²) in [6, 6.07) is 7.09. The number of thiophene rings is 1. The number of hydrogen-bond donors (Lipinski definition) is 5. The van der Waals surface area contributed by atoms with Crippen molar-refractivity contribution in [2.75, 3.05) is 0 Å². The van der Waals surface area contributed by atoms with E-state index in [0.29, 0.717) is 12.8 Å². The molecule has 3 aromatic rings. The van der Waals surface area contributed by atoms with Crippen molar-refractivity contribution in [3.05, 3.63) is 57.4 Å². The summed E-state index contributed by atoms with van der Waals surface area (Å²) >= 11 is 1.73. The highest BCUT2D eigenvalue weighted by molar-refractivity contribution is 7.10. The van der Waals surface area contributed by atoms with Crippen LogP contribution in [-0.2, 0) is 40.1 Å². The molecule has 6 N–H and O–H groups in total. The van der Waals surface area contributed by atoms with Crippen molar-refractivity contribution in [3.8, 4) is 0 Å². The first kappa shape index (κ1) is 27.9. The maximum atomic E-state index is 13.7. The molecule has 0 fully saturated rings. The van der Waals surface area contributed by atoms with Gasteiger partial charge in [0.25, 0.3) is 0 Å². The Morgan fingerprint density at radius 2 is 1.71 bits per heavy atom. The molecule has 0 bridgehead atoms. The van der Waals surface area contributed by atoms with Crippen LogP contribution >= 0.6 is 11.3 Å². The molecule has 0 spiro atoms. The van der Waals surface area contributed by atoms with Gasteiger partial charge in [-0.15, -0.1) is 11.3 Å². The number of rotatable bonds is 10. The molecule has 1 aliphatic carbocycles. The summed E-state index contributed by atoms with van der Waals surface area (Å²) in [4.78, 5) is 43.9. The molecule has 0 unspecified atom stereocenters. The van der Waals surface area contributed by atoms with Crippen LogP contribution in [0.3, 0.4) is 0 Å². The number of amides is 3. The number of hydrogen-bond acceptors (Lipinski definition) is 5. The van der Waals surface area contributed by atoms with Gasteiger partial charge in [-0.05, 0) is 67.7 Å². The van der Waals surface area contributed by atoms with Gasteiger partial charge < -0.3 is 26.7 Å². The first-order valence-corrected chi connectivity index (χ1v) is 14.2. The Morgan fingerprint density at radius 1 is 1.00 bits per heavy atom. The number of aryl methyl sites for hydroxylation is 1. The Balaban J connectivity index is 1.58. The smallest absolute Gasteiger partial charge is 0.244 e. The van der Waals surface area contributed by atoms with Crippen LogP contribution in [0.15, 0.2) is 35.8 Å². The molecule has 1 aromatic carbocycles. The lowest BCUT2D eigenvalue weighted by molar-refractivity contribution is -0.132. The third-order valence-corrected chi connectivity index (χ3v) is 8.17. The largest absolute Gasteiger partial charge is 0.361 e. The van der Waals surface area contributed by atoms with Crippen molar-refractivity contribution in [2.45, 2.75) is 84.0 Å². The molecule has 0 saturated heterocycles. The van der Waals surface area contributed by atoms with E-state index in [-0.39, 0.29) is 17.7 Å².